The van der Waals surface area contributed by atoms with Gasteiger partial charge in [-0.3, -0.25) is 14.4 Å². The topological polar surface area (TPSA) is 117 Å². The zero-order valence-corrected chi connectivity index (χ0v) is 29.8. The van der Waals surface area contributed by atoms with Crippen LogP contribution < -0.4 is 16.0 Å². The van der Waals surface area contributed by atoms with Gasteiger partial charge in [0.25, 0.3) is 0 Å². The highest BCUT2D eigenvalue weighted by Crippen LogP contribution is 2.29. The van der Waals surface area contributed by atoms with Crippen molar-refractivity contribution >= 4 is 23.7 Å². The van der Waals surface area contributed by atoms with Gasteiger partial charge < -0.3 is 25.6 Å². The lowest BCUT2D eigenvalue weighted by Crippen LogP contribution is -2.61. The quantitative estimate of drug-likeness (QED) is 0.191. The first-order valence-corrected chi connectivity index (χ1v) is 15.9. The molecule has 0 spiro atoms. The van der Waals surface area contributed by atoms with Crippen molar-refractivity contribution in [3.05, 3.63) is 59.7 Å². The van der Waals surface area contributed by atoms with E-state index >= 15 is 0 Å². The van der Waals surface area contributed by atoms with Crippen LogP contribution in [0.1, 0.15) is 81.7 Å². The van der Waals surface area contributed by atoms with Crippen LogP contribution in [0.5, 0.6) is 0 Å². The number of carbonyl (C=O) groups is 4. The van der Waals surface area contributed by atoms with Crippen LogP contribution in [0.4, 0.5) is 0 Å². The van der Waals surface area contributed by atoms with Crippen molar-refractivity contribution in [2.75, 3.05) is 20.7 Å². The van der Waals surface area contributed by atoms with Crippen LogP contribution >= 0.6 is 0 Å². The highest BCUT2D eigenvalue weighted by Gasteiger charge is 2.41. The third-order valence-electron chi connectivity index (χ3n) is 8.19. The lowest BCUT2D eigenvalue weighted by Gasteiger charge is -2.40. The van der Waals surface area contributed by atoms with E-state index in [1.54, 1.807) is 45.0 Å². The minimum atomic E-state index is -0.820. The predicted octanol–water partition coefficient (Wildman–Crippen LogP) is 4.77. The van der Waals surface area contributed by atoms with Gasteiger partial charge in [-0.05, 0) is 43.7 Å². The molecule has 0 aromatic heterocycles. The Morgan fingerprint density at radius 3 is 1.96 bits per heavy atom. The summed E-state index contributed by atoms with van der Waals surface area (Å²) in [5, 5.41) is 9.21. The molecule has 0 aliphatic rings. The lowest BCUT2D eigenvalue weighted by atomic mass is 9.76. The van der Waals surface area contributed by atoms with Crippen molar-refractivity contribution in [1.29, 1.82) is 0 Å². The number of rotatable bonds is 15. The molecule has 3 N–H and O–H groups in total. The summed E-state index contributed by atoms with van der Waals surface area (Å²) in [5.74, 6) is -1.27. The van der Waals surface area contributed by atoms with Crippen molar-refractivity contribution < 1.29 is 23.9 Å². The fraction of sp³-hybridized carbons (Fsp3) is 0.611. The number of esters is 1. The Morgan fingerprint density at radius 2 is 1.49 bits per heavy atom. The number of hydrogen-bond acceptors (Lipinski definition) is 6. The van der Waals surface area contributed by atoms with E-state index in [2.05, 4.69) is 16.0 Å². The van der Waals surface area contributed by atoms with Crippen molar-refractivity contribution in [2.45, 2.75) is 106 Å². The van der Waals surface area contributed by atoms with Gasteiger partial charge in [0.05, 0.1) is 24.7 Å². The van der Waals surface area contributed by atoms with Crippen LogP contribution in [0.2, 0.25) is 0 Å². The highest BCUT2D eigenvalue weighted by molar-refractivity contribution is 5.94. The molecular formula is C36H58N4O5. The van der Waals surface area contributed by atoms with Crippen LogP contribution in [-0.2, 0) is 29.3 Å². The molecule has 0 fully saturated rings. The van der Waals surface area contributed by atoms with Gasteiger partial charge in [-0.2, -0.15) is 0 Å². The van der Waals surface area contributed by atoms with Crippen LogP contribution in [0.15, 0.2) is 54.1 Å². The number of nitrogens with one attached hydrogen (secondary N) is 3. The second-order valence-corrected chi connectivity index (χ2v) is 14.0. The molecule has 9 nitrogen and oxygen atoms in total. The molecule has 0 radical (unpaired) electrons. The molecule has 252 valence electrons. The van der Waals surface area contributed by atoms with E-state index in [-0.39, 0.29) is 42.2 Å². The van der Waals surface area contributed by atoms with Crippen LogP contribution in [0.25, 0.3) is 0 Å². The SMILES string of the molecule is CCOC(=O)C=C[C@@H](NC(=O)C(C)=C[C@H](C(C)C)N(C)C(=O)[C@@H](NC(=O)[C@@H](NC)C(C)(C)c1ccccc1)C(C)(C)C)C(C)C. The van der Waals surface area contributed by atoms with Crippen molar-refractivity contribution in [3.8, 4) is 0 Å². The smallest absolute Gasteiger partial charge is 0.330 e. The normalized spacial score (nSPS) is 15.4. The third kappa shape index (κ3) is 11.4. The Labute approximate surface area is 271 Å². The zero-order valence-electron chi connectivity index (χ0n) is 29.8. The van der Waals surface area contributed by atoms with Gasteiger partial charge in [0, 0.05) is 24.1 Å². The standard InChI is InChI=1S/C36H58N4O5/c1-14-45-29(41)21-20-27(23(2)3)38-32(42)25(6)22-28(24(4)5)40(13)34(44)31(35(7,8)9)39-33(43)30(37-12)36(10,11)26-18-16-15-17-19-26/h15-24,27-28,30-31,37H,14H2,1-13H3,(H,38,42)(H,39,43)/t27-,28-,30-,31-/m1/s1. The number of likely N-dealkylation sites (N-methyl/N-ethyl adjacent to an activating group) is 2. The summed E-state index contributed by atoms with van der Waals surface area (Å²) in [4.78, 5) is 54.6. The number of benzene rings is 1. The molecule has 0 bridgehead atoms. The van der Waals surface area contributed by atoms with Gasteiger partial charge in [0.15, 0.2) is 0 Å². The molecule has 0 saturated heterocycles. The summed E-state index contributed by atoms with van der Waals surface area (Å²) in [5.41, 5.74) is 0.304. The molecule has 1 aromatic carbocycles. The maximum atomic E-state index is 14.1. The Hall–Kier alpha value is -3.46. The molecule has 3 amide bonds. The number of amides is 3. The summed E-state index contributed by atoms with van der Waals surface area (Å²) in [6, 6.07) is 7.61. The summed E-state index contributed by atoms with van der Waals surface area (Å²) in [6.45, 7) is 21.4. The number of nitrogens with zero attached hydrogens (tertiary/aromatic N) is 1. The zero-order chi connectivity index (χ0) is 34.7. The first kappa shape index (κ1) is 39.6. The first-order chi connectivity index (χ1) is 20.8. The molecule has 0 heterocycles. The second kappa shape index (κ2) is 17.3. The summed E-state index contributed by atoms with van der Waals surface area (Å²) < 4.78 is 4.96. The van der Waals surface area contributed by atoms with Gasteiger partial charge in [-0.25, -0.2) is 4.79 Å². The molecule has 45 heavy (non-hydrogen) atoms. The molecule has 0 unspecified atom stereocenters. The van der Waals surface area contributed by atoms with Gasteiger partial charge in [-0.15, -0.1) is 0 Å². The van der Waals surface area contributed by atoms with E-state index in [4.69, 9.17) is 4.74 Å². The molecule has 4 atom stereocenters. The highest BCUT2D eigenvalue weighted by atomic mass is 16.5. The molecule has 0 aliphatic heterocycles. The minimum Gasteiger partial charge on any atom is -0.463 e. The fourth-order valence-corrected chi connectivity index (χ4v) is 5.24. The molecular weight excluding hydrogens is 568 g/mol. The Morgan fingerprint density at radius 1 is 0.911 bits per heavy atom. The van der Waals surface area contributed by atoms with E-state index < -0.39 is 34.9 Å². The molecule has 1 rings (SSSR count). The number of ether oxygens (including phenoxy) is 1. The van der Waals surface area contributed by atoms with Gasteiger partial charge in [0.2, 0.25) is 17.7 Å². The van der Waals surface area contributed by atoms with E-state index in [0.717, 1.165) is 5.56 Å². The monoisotopic (exact) mass is 626 g/mol. The summed E-state index contributed by atoms with van der Waals surface area (Å²) >= 11 is 0. The Kier molecular flexibility index (Phi) is 15.2. The Balaban J connectivity index is 3.27. The number of carbonyl (C=O) groups excluding carboxylic acids is 4. The first-order valence-electron chi connectivity index (χ1n) is 15.9. The maximum absolute atomic E-state index is 14.1. The largest absolute Gasteiger partial charge is 0.463 e. The second-order valence-electron chi connectivity index (χ2n) is 14.0. The van der Waals surface area contributed by atoms with Crippen molar-refractivity contribution in [2.24, 2.45) is 17.3 Å². The number of hydrogen-bond donors (Lipinski definition) is 3. The summed E-state index contributed by atoms with van der Waals surface area (Å²) in [6.07, 6.45) is 4.76. The molecule has 1 aromatic rings. The van der Waals surface area contributed by atoms with Crippen LogP contribution in [-0.4, -0.2) is 73.5 Å². The average Bonchev–Trinajstić information content (AvgIpc) is 2.95. The fourth-order valence-electron chi connectivity index (χ4n) is 5.24. The van der Waals surface area contributed by atoms with E-state index in [0.29, 0.717) is 5.57 Å². The molecule has 9 heteroatoms. The van der Waals surface area contributed by atoms with E-state index in [1.165, 1.54) is 6.08 Å². The van der Waals surface area contributed by atoms with E-state index in [1.807, 2.05) is 92.6 Å². The summed E-state index contributed by atoms with van der Waals surface area (Å²) in [7, 11) is 3.46. The minimum absolute atomic E-state index is 0.0234. The lowest BCUT2D eigenvalue weighted by molar-refractivity contribution is -0.141. The van der Waals surface area contributed by atoms with Gasteiger partial charge in [-0.1, -0.05) is 105 Å². The van der Waals surface area contributed by atoms with Gasteiger partial charge in [0.1, 0.15) is 6.04 Å². The average molecular weight is 627 g/mol. The maximum Gasteiger partial charge on any atom is 0.330 e. The van der Waals surface area contributed by atoms with Gasteiger partial charge >= 0.3 is 5.97 Å². The Bertz CT molecular complexity index is 1200. The predicted molar refractivity (Wildman–Crippen MR) is 181 cm³/mol. The van der Waals surface area contributed by atoms with E-state index in [9.17, 15) is 19.2 Å². The van der Waals surface area contributed by atoms with Crippen LogP contribution in [0, 0.1) is 17.3 Å². The third-order valence-corrected chi connectivity index (χ3v) is 8.19. The van der Waals surface area contributed by atoms with Crippen molar-refractivity contribution in [1.82, 2.24) is 20.9 Å². The van der Waals surface area contributed by atoms with Crippen molar-refractivity contribution in [3.63, 3.8) is 0 Å². The molecule has 0 aliphatic carbocycles. The van der Waals surface area contributed by atoms with Crippen LogP contribution in [0.3, 0.4) is 0 Å². The molecule has 0 saturated carbocycles.